The van der Waals surface area contributed by atoms with E-state index in [0.717, 1.165) is 25.7 Å². The van der Waals surface area contributed by atoms with Crippen molar-refractivity contribution in [3.63, 3.8) is 0 Å². The van der Waals surface area contributed by atoms with Crippen molar-refractivity contribution >= 4 is 11.9 Å². The van der Waals surface area contributed by atoms with Crippen LogP contribution in [0, 0.1) is 34.0 Å². The van der Waals surface area contributed by atoms with Gasteiger partial charge in [-0.1, -0.05) is 45.1 Å². The summed E-state index contributed by atoms with van der Waals surface area (Å²) in [6, 6.07) is 1.58. The Kier molecular flexibility index (Phi) is 5.02. The second-order valence-corrected chi connectivity index (χ2v) is 8.98. The number of nitrogens with two attached hydrogens (primary N) is 1. The zero-order valence-electron chi connectivity index (χ0n) is 16.6. The minimum Gasteiger partial charge on any atom is -0.480 e. The van der Waals surface area contributed by atoms with E-state index in [1.54, 1.807) is 6.07 Å². The summed E-state index contributed by atoms with van der Waals surface area (Å²) in [7, 11) is 0. The second-order valence-electron chi connectivity index (χ2n) is 8.98. The Labute approximate surface area is 161 Å². The molecule has 0 amide bonds. The molecule has 0 radical (unpaired) electrons. The van der Waals surface area contributed by atoms with Crippen LogP contribution >= 0.6 is 0 Å². The molecule has 1 aromatic heterocycles. The molecule has 2 aliphatic rings. The van der Waals surface area contributed by atoms with E-state index in [2.05, 4.69) is 33.4 Å². The Hall–Kier alpha value is -2.01. The molecule has 0 aromatic carbocycles. The quantitative estimate of drug-likeness (QED) is 0.359. The molecule has 5 N–H and O–H groups in total. The molecule has 5 nitrogen and oxygen atoms in total. The van der Waals surface area contributed by atoms with Gasteiger partial charge in [-0.05, 0) is 54.4 Å². The molecule has 2 unspecified atom stereocenters. The van der Waals surface area contributed by atoms with Crippen LogP contribution in [0.3, 0.4) is 0 Å². The van der Waals surface area contributed by atoms with Gasteiger partial charge in [-0.25, -0.2) is 0 Å². The maximum atomic E-state index is 10.2. The number of aliphatic hydroxyl groups is 1. The first-order valence-electron chi connectivity index (χ1n) is 9.77. The Balaban J connectivity index is 1.94. The normalized spacial score (nSPS) is 36.7. The van der Waals surface area contributed by atoms with Gasteiger partial charge in [-0.2, -0.15) is 0 Å². The Bertz CT molecular complexity index is 781. The van der Waals surface area contributed by atoms with Gasteiger partial charge in [0.25, 0.3) is 5.95 Å². The predicted molar refractivity (Wildman–Crippen MR) is 107 cm³/mol. The van der Waals surface area contributed by atoms with E-state index in [1.165, 1.54) is 5.57 Å². The zero-order chi connectivity index (χ0) is 20.0. The summed E-state index contributed by atoms with van der Waals surface area (Å²) in [5.41, 5.74) is 7.11. The first-order chi connectivity index (χ1) is 12.6. The van der Waals surface area contributed by atoms with Gasteiger partial charge in [0.1, 0.15) is 0 Å². The average Bonchev–Trinajstić information content (AvgIpc) is 2.99. The highest BCUT2D eigenvalue weighted by atomic mass is 16.5. The first kappa shape index (κ1) is 19.7. The minimum absolute atomic E-state index is 0.0264. The van der Waals surface area contributed by atoms with Crippen molar-refractivity contribution in [3.8, 4) is 5.95 Å². The minimum atomic E-state index is -0.225. The molecule has 1 aromatic rings. The highest BCUT2D eigenvalue weighted by Crippen LogP contribution is 2.62. The third kappa shape index (κ3) is 3.12. The number of fused-ring (bicyclic) bond motifs is 1. The summed E-state index contributed by atoms with van der Waals surface area (Å²) in [5, 5.41) is 27.7. The summed E-state index contributed by atoms with van der Waals surface area (Å²) >= 11 is 0. The maximum absolute atomic E-state index is 10.2. The molecule has 3 rings (SSSR count). The zero-order valence-corrected chi connectivity index (χ0v) is 16.6. The number of allylic oxidation sites excluding steroid dienone is 2. The van der Waals surface area contributed by atoms with Crippen molar-refractivity contribution in [2.75, 3.05) is 6.61 Å². The number of rotatable bonds is 4. The molecule has 2 saturated carbocycles. The van der Waals surface area contributed by atoms with E-state index in [4.69, 9.17) is 15.6 Å². The molecule has 5 heteroatoms. The fourth-order valence-corrected chi connectivity index (χ4v) is 5.58. The van der Waals surface area contributed by atoms with Crippen LogP contribution < -0.4 is 5.73 Å². The van der Waals surface area contributed by atoms with Crippen LogP contribution in [0.5, 0.6) is 5.95 Å². The fourth-order valence-electron chi connectivity index (χ4n) is 5.58. The SMILES string of the molecule is C=C1CCC2C(C)(CO)[C@H](C)CC[C@@]2(C)[C@@H]1/C=C/c1cc(C(=N)N)oc1O. The molecule has 1 heterocycles. The lowest BCUT2D eigenvalue weighted by molar-refractivity contribution is -0.107. The molecular weight excluding hydrogens is 340 g/mol. The van der Waals surface area contributed by atoms with Crippen LogP contribution in [0.2, 0.25) is 0 Å². The van der Waals surface area contributed by atoms with Gasteiger partial charge in [0.05, 0.1) is 5.56 Å². The van der Waals surface area contributed by atoms with Gasteiger partial charge in [0.2, 0.25) is 0 Å². The van der Waals surface area contributed by atoms with Gasteiger partial charge in [-0.15, -0.1) is 0 Å². The molecule has 0 spiro atoms. The lowest BCUT2D eigenvalue weighted by Crippen LogP contribution is -2.54. The number of aromatic hydroxyl groups is 1. The Morgan fingerprint density at radius 2 is 2.15 bits per heavy atom. The lowest BCUT2D eigenvalue weighted by Gasteiger charge is -2.60. The second kappa shape index (κ2) is 6.86. The third-order valence-electron chi connectivity index (χ3n) is 7.55. The molecule has 0 saturated heterocycles. The largest absolute Gasteiger partial charge is 0.480 e. The first-order valence-corrected chi connectivity index (χ1v) is 9.77. The van der Waals surface area contributed by atoms with Gasteiger partial charge in [0, 0.05) is 12.5 Å². The number of furan rings is 1. The molecule has 27 heavy (non-hydrogen) atoms. The van der Waals surface area contributed by atoms with Gasteiger partial charge >= 0.3 is 0 Å². The van der Waals surface area contributed by atoms with Crippen LogP contribution in [0.1, 0.15) is 57.8 Å². The van der Waals surface area contributed by atoms with Gasteiger partial charge in [0.15, 0.2) is 11.6 Å². The molecule has 5 atom stereocenters. The van der Waals surface area contributed by atoms with Crippen molar-refractivity contribution in [2.24, 2.45) is 34.3 Å². The molecule has 2 aliphatic carbocycles. The highest BCUT2D eigenvalue weighted by molar-refractivity contribution is 5.93. The van der Waals surface area contributed by atoms with Crippen LogP contribution in [-0.2, 0) is 0 Å². The van der Waals surface area contributed by atoms with Crippen LogP contribution in [0.4, 0.5) is 0 Å². The standard InChI is InChI=1S/C22H32N2O3/c1-13-5-8-18-21(3,10-9-14(2)22(18,4)12-25)16(13)7-6-15-11-17(19(23)24)27-20(15)26/h6-7,11,14,16,18,25-26H,1,5,8-10,12H2,2-4H3,(H3,23,24)/b7-6+/t14-,16-,18?,21+,22?/m1/s1. The summed E-state index contributed by atoms with van der Waals surface area (Å²) in [4.78, 5) is 0. The van der Waals surface area contributed by atoms with Crippen molar-refractivity contribution in [2.45, 2.75) is 46.5 Å². The lowest BCUT2D eigenvalue weighted by atomic mass is 9.45. The predicted octanol–water partition coefficient (Wildman–Crippen LogP) is 4.30. The van der Waals surface area contributed by atoms with E-state index in [0.29, 0.717) is 17.4 Å². The molecule has 0 bridgehead atoms. The summed E-state index contributed by atoms with van der Waals surface area (Å²) in [5.74, 6) is 0.816. The highest BCUT2D eigenvalue weighted by Gasteiger charge is 2.56. The van der Waals surface area contributed by atoms with Crippen molar-refractivity contribution < 1.29 is 14.6 Å². The number of amidine groups is 1. The van der Waals surface area contributed by atoms with Crippen molar-refractivity contribution in [1.82, 2.24) is 0 Å². The molecule has 148 valence electrons. The Morgan fingerprint density at radius 3 is 2.74 bits per heavy atom. The van der Waals surface area contributed by atoms with E-state index < -0.39 is 0 Å². The summed E-state index contributed by atoms with van der Waals surface area (Å²) in [6.07, 6.45) is 8.16. The number of nitrogens with one attached hydrogen (secondary N) is 1. The van der Waals surface area contributed by atoms with Gasteiger partial charge < -0.3 is 20.4 Å². The molecule has 2 fully saturated rings. The average molecular weight is 373 g/mol. The van der Waals surface area contributed by atoms with Crippen molar-refractivity contribution in [3.05, 3.63) is 35.6 Å². The topological polar surface area (TPSA) is 103 Å². The maximum Gasteiger partial charge on any atom is 0.290 e. The van der Waals surface area contributed by atoms with E-state index in [9.17, 15) is 10.2 Å². The smallest absolute Gasteiger partial charge is 0.290 e. The van der Waals surface area contributed by atoms with E-state index in [1.807, 2.05) is 6.08 Å². The number of aliphatic hydroxyl groups excluding tert-OH is 1. The van der Waals surface area contributed by atoms with Crippen LogP contribution in [-0.4, -0.2) is 22.7 Å². The third-order valence-corrected chi connectivity index (χ3v) is 7.55. The number of hydrogen-bond acceptors (Lipinski definition) is 4. The van der Waals surface area contributed by atoms with Crippen LogP contribution in [0.15, 0.2) is 28.7 Å². The van der Waals surface area contributed by atoms with Crippen LogP contribution in [0.25, 0.3) is 6.08 Å². The molecular formula is C22H32N2O3. The fraction of sp³-hybridized carbons (Fsp3) is 0.591. The number of nitrogen functional groups attached to an aromatic ring is 1. The van der Waals surface area contributed by atoms with Gasteiger partial charge in [-0.3, -0.25) is 5.41 Å². The van der Waals surface area contributed by atoms with E-state index >= 15 is 0 Å². The van der Waals surface area contributed by atoms with E-state index in [-0.39, 0.29) is 40.9 Å². The van der Waals surface area contributed by atoms with Crippen molar-refractivity contribution in [1.29, 1.82) is 5.41 Å². The summed E-state index contributed by atoms with van der Waals surface area (Å²) < 4.78 is 5.14. The molecule has 0 aliphatic heterocycles. The number of hydrogen-bond donors (Lipinski definition) is 4. The Morgan fingerprint density at radius 1 is 1.44 bits per heavy atom. The monoisotopic (exact) mass is 372 g/mol. The summed E-state index contributed by atoms with van der Waals surface area (Å²) in [6.45, 7) is 11.4.